The first-order valence-corrected chi connectivity index (χ1v) is 9.89. The van der Waals surface area contributed by atoms with Crippen LogP contribution in [0.15, 0.2) is 4.76 Å². The highest BCUT2D eigenvalue weighted by Crippen LogP contribution is 2.46. The molecule has 1 heterocycles. The van der Waals surface area contributed by atoms with Crippen LogP contribution >= 0.6 is 15.5 Å². The number of carboxylic acids is 2. The predicted octanol–water partition coefficient (Wildman–Crippen LogP) is -2.56. The number of nitrogens with zero attached hydrogens (tertiary/aromatic N) is 3. The molecule has 18 heteroatoms. The van der Waals surface area contributed by atoms with Crippen LogP contribution < -0.4 is 11.1 Å². The van der Waals surface area contributed by atoms with Crippen LogP contribution in [0, 0.1) is 5.41 Å². The number of carbonyl (C=O) groups is 2. The highest BCUT2D eigenvalue weighted by molar-refractivity contribution is 7.51. The molecule has 1 atom stereocenters. The number of nitrogens with two attached hydrogens (primary N) is 1. The van der Waals surface area contributed by atoms with Crippen LogP contribution in [0.5, 0.6) is 0 Å². The normalized spacial score (nSPS) is 16.7. The Bertz CT molecular complexity index is 693. The van der Waals surface area contributed by atoms with Gasteiger partial charge in [0.15, 0.2) is 12.6 Å². The van der Waals surface area contributed by atoms with Crippen molar-refractivity contribution < 1.29 is 48.1 Å². The van der Waals surface area contributed by atoms with E-state index in [4.69, 9.17) is 31.1 Å². The Morgan fingerprint density at radius 1 is 1.33 bits per heavy atom. The van der Waals surface area contributed by atoms with Crippen LogP contribution in [0.25, 0.3) is 0 Å². The van der Waals surface area contributed by atoms with E-state index in [0.29, 0.717) is 6.54 Å². The average Bonchev–Trinajstić information content (AvgIpc) is 2.90. The minimum absolute atomic E-state index is 0.145. The van der Waals surface area contributed by atoms with Gasteiger partial charge in [0, 0.05) is 20.1 Å². The Hall–Kier alpha value is -2.22. The maximum Gasteiger partial charge on any atom is 0.451 e. The van der Waals surface area contributed by atoms with Crippen LogP contribution in [0.4, 0.5) is 0 Å². The van der Waals surface area contributed by atoms with Gasteiger partial charge in [-0.25, -0.2) is 18.6 Å². The van der Waals surface area contributed by atoms with Crippen molar-refractivity contribution in [2.45, 2.75) is 0 Å². The van der Waals surface area contributed by atoms with Gasteiger partial charge in [-0.15, -0.1) is 4.76 Å². The number of hydrogen-bond acceptors (Lipinski definition) is 6. The van der Waals surface area contributed by atoms with Crippen molar-refractivity contribution in [2.24, 2.45) is 10.5 Å². The molecule has 27 heavy (non-hydrogen) atoms. The summed E-state index contributed by atoms with van der Waals surface area (Å²) in [6, 6.07) is 0. The minimum Gasteiger partial charge on any atom is -0.480 e. The second kappa shape index (κ2) is 10.2. The van der Waals surface area contributed by atoms with E-state index in [0.717, 1.165) is 9.57 Å². The zero-order chi connectivity index (χ0) is 21.4. The maximum atomic E-state index is 11.3. The van der Waals surface area contributed by atoms with E-state index >= 15 is 0 Å². The Morgan fingerprint density at radius 2 is 1.89 bits per heavy atom. The lowest BCUT2D eigenvalue weighted by atomic mass is 10.6. The molecule has 0 amide bonds. The first kappa shape index (κ1) is 24.8. The van der Waals surface area contributed by atoms with E-state index in [2.05, 4.69) is 14.6 Å². The first-order valence-electron chi connectivity index (χ1n) is 6.79. The summed E-state index contributed by atoms with van der Waals surface area (Å²) in [5.41, 5.74) is 5.07. The molecule has 1 aliphatic heterocycles. The molecule has 0 aromatic rings. The molecule has 0 saturated carbocycles. The number of hydrogen-bond donors (Lipinski definition) is 8. The molecule has 0 radical (unpaired) electrons. The molecule has 1 rings (SSSR count). The molecule has 16 nitrogen and oxygen atoms in total. The fourth-order valence-electron chi connectivity index (χ4n) is 1.44. The Morgan fingerprint density at radius 3 is 2.26 bits per heavy atom. The summed E-state index contributed by atoms with van der Waals surface area (Å²) >= 11 is 0. The lowest BCUT2D eigenvalue weighted by molar-refractivity contribution is -0.139. The van der Waals surface area contributed by atoms with Crippen molar-refractivity contribution in [1.29, 1.82) is 5.41 Å². The second-order valence-corrected chi connectivity index (χ2v) is 7.73. The van der Waals surface area contributed by atoms with Crippen LogP contribution in [0.3, 0.4) is 0 Å². The van der Waals surface area contributed by atoms with Gasteiger partial charge in [0.05, 0.1) is 0 Å². The maximum absolute atomic E-state index is 11.3. The molecule has 0 aromatic carbocycles. The van der Waals surface area contributed by atoms with Crippen LogP contribution in [-0.4, -0.2) is 91.6 Å². The van der Waals surface area contributed by atoms with Gasteiger partial charge in [-0.05, 0) is 0 Å². The summed E-state index contributed by atoms with van der Waals surface area (Å²) in [5.74, 6) is -3.26. The molecule has 1 saturated heterocycles. The van der Waals surface area contributed by atoms with E-state index in [9.17, 15) is 23.6 Å². The third kappa shape index (κ3) is 10.5. The number of likely N-dealkylation sites (N-methyl/N-ethyl adjacent to an activating group) is 1. The van der Waals surface area contributed by atoms with E-state index < -0.39 is 46.5 Å². The summed E-state index contributed by atoms with van der Waals surface area (Å²) in [4.78, 5) is 47.1. The molecule has 0 aliphatic carbocycles. The molecule has 1 unspecified atom stereocenters. The van der Waals surface area contributed by atoms with Crippen molar-refractivity contribution in [3.05, 3.63) is 0 Å². The van der Waals surface area contributed by atoms with Crippen molar-refractivity contribution in [2.75, 3.05) is 33.3 Å². The Kier molecular flexibility index (Phi) is 9.36. The molecule has 0 bridgehead atoms. The highest BCUT2D eigenvalue weighted by atomic mass is 31.2. The number of guanidine groups is 2. The van der Waals surface area contributed by atoms with E-state index in [1.807, 2.05) is 0 Å². The van der Waals surface area contributed by atoms with Gasteiger partial charge in [0.2, 0.25) is 5.96 Å². The number of nitrogens with one attached hydrogen (secondary N) is 2. The molecule has 0 aromatic heterocycles. The molecule has 1 fully saturated rings. The molecule has 1 aliphatic rings. The van der Waals surface area contributed by atoms with Crippen molar-refractivity contribution >= 4 is 39.4 Å². The van der Waals surface area contributed by atoms with Gasteiger partial charge in [-0.2, -0.15) is 0 Å². The SMILES string of the molecule is CN(CC(=O)O)C(N)=NP(=O)(O)O.N=C1NCCN1P(=O)(O)OCC(=O)O. The van der Waals surface area contributed by atoms with Gasteiger partial charge >= 0.3 is 27.4 Å². The molecule has 0 spiro atoms. The topological polar surface area (TPSA) is 259 Å². The second-order valence-electron chi connectivity index (χ2n) is 4.78. The standard InChI is InChI=1S/C5H10N3O5P.C4H10N3O5P/c6-5-7-1-2-8(5)14(11,12)13-3-4(9)10;1-7(2-3(8)9)4(5)6-13(10,11)12/h1-3H2,(H2,6,7)(H,9,10)(H,11,12);2H2,1H3,(H,8,9)(H4,5,6,10,11,12). The lowest BCUT2D eigenvalue weighted by Gasteiger charge is -2.21. The summed E-state index contributed by atoms with van der Waals surface area (Å²) in [5, 5.41) is 26.2. The average molecular weight is 434 g/mol. The van der Waals surface area contributed by atoms with Crippen molar-refractivity contribution in [3.63, 3.8) is 0 Å². The van der Waals surface area contributed by atoms with Crippen LogP contribution in [0.1, 0.15) is 0 Å². The fourth-order valence-corrected chi connectivity index (χ4v) is 2.95. The zero-order valence-corrected chi connectivity index (χ0v) is 15.7. The summed E-state index contributed by atoms with van der Waals surface area (Å²) in [7, 11) is -7.52. The summed E-state index contributed by atoms with van der Waals surface area (Å²) < 4.78 is 29.5. The molecule has 9 N–H and O–H groups in total. The van der Waals surface area contributed by atoms with Gasteiger partial charge in [-0.1, -0.05) is 0 Å². The van der Waals surface area contributed by atoms with Gasteiger partial charge < -0.3 is 40.8 Å². The van der Waals surface area contributed by atoms with Crippen LogP contribution in [0.2, 0.25) is 0 Å². The quantitative estimate of drug-likeness (QED) is 0.116. The molecular weight excluding hydrogens is 414 g/mol. The zero-order valence-electron chi connectivity index (χ0n) is 13.9. The summed E-state index contributed by atoms with van der Waals surface area (Å²) in [6.07, 6.45) is 0. The molecular formula is C9H20N6O10P2. The largest absolute Gasteiger partial charge is 0.480 e. The van der Waals surface area contributed by atoms with E-state index in [1.54, 1.807) is 0 Å². The van der Waals surface area contributed by atoms with E-state index in [-0.39, 0.29) is 12.5 Å². The third-order valence-electron chi connectivity index (χ3n) is 2.53. The Balaban J connectivity index is 0.000000503. The lowest BCUT2D eigenvalue weighted by Crippen LogP contribution is -2.37. The number of aliphatic carboxylic acids is 2. The fraction of sp³-hybridized carbons (Fsp3) is 0.556. The Labute approximate surface area is 152 Å². The predicted molar refractivity (Wildman–Crippen MR) is 89.8 cm³/mol. The third-order valence-corrected chi connectivity index (χ3v) is 4.47. The van der Waals surface area contributed by atoms with Gasteiger partial charge in [0.25, 0.3) is 0 Å². The van der Waals surface area contributed by atoms with Gasteiger partial charge in [0.1, 0.15) is 6.54 Å². The van der Waals surface area contributed by atoms with Gasteiger partial charge in [-0.3, -0.25) is 14.7 Å². The first-order chi connectivity index (χ1) is 12.2. The smallest absolute Gasteiger partial charge is 0.451 e. The minimum atomic E-state index is -4.59. The van der Waals surface area contributed by atoms with Crippen molar-refractivity contribution in [1.82, 2.24) is 14.9 Å². The molecule has 156 valence electrons. The van der Waals surface area contributed by atoms with E-state index in [1.165, 1.54) is 7.05 Å². The number of rotatable bonds is 7. The monoisotopic (exact) mass is 434 g/mol. The van der Waals surface area contributed by atoms with Crippen LogP contribution in [-0.2, 0) is 23.2 Å². The highest BCUT2D eigenvalue weighted by Gasteiger charge is 2.35. The van der Waals surface area contributed by atoms with Crippen molar-refractivity contribution in [3.8, 4) is 0 Å². The summed E-state index contributed by atoms with van der Waals surface area (Å²) in [6.45, 7) is -0.834. The number of carboxylic acid groups (broad SMARTS) is 2.